The molecule has 0 saturated carbocycles. The highest BCUT2D eigenvalue weighted by Crippen LogP contribution is 2.34. The molecule has 3 aromatic rings. The number of imidazole rings is 1. The number of rotatable bonds is 3. The second kappa shape index (κ2) is 6.37. The number of fused-ring (bicyclic) bond motifs is 1. The number of nitrogens with zero attached hydrogens (tertiary/aromatic N) is 6. The number of aliphatic imine (C=N–C) groups is 1. The lowest BCUT2D eigenvalue weighted by Crippen LogP contribution is -2.54. The third kappa shape index (κ3) is 2.99. The summed E-state index contributed by atoms with van der Waals surface area (Å²) in [4.78, 5) is 12.7. The number of nitrogens with two attached hydrogens (primary N) is 1. The molecule has 0 fully saturated rings. The fourth-order valence-corrected chi connectivity index (χ4v) is 3.07. The average molecular weight is 387 g/mol. The van der Waals surface area contributed by atoms with Crippen LogP contribution in [-0.4, -0.2) is 35.9 Å². The van der Waals surface area contributed by atoms with E-state index in [-0.39, 0.29) is 5.69 Å². The standard InChI is InChI=1S/C17H19F2N9/c1-9(14-12(19)4-10(18)5-21-14)17(20)25-15(24-13-7-27(2)8-22-13)11-6-23-28(3)16(11)26-17/h4-9,26H,20H2,1-3H3,(H,24,25)/t9-,17?/m0/s1. The van der Waals surface area contributed by atoms with Crippen LogP contribution in [-0.2, 0) is 14.1 Å². The molecule has 2 atom stereocenters. The Morgan fingerprint density at radius 1 is 1.25 bits per heavy atom. The van der Waals surface area contributed by atoms with Crippen LogP contribution in [0.4, 0.5) is 20.4 Å². The third-order valence-corrected chi connectivity index (χ3v) is 4.67. The molecular formula is C17H19F2N9. The molecule has 0 bridgehead atoms. The van der Waals surface area contributed by atoms with Crippen molar-refractivity contribution in [1.82, 2.24) is 24.3 Å². The van der Waals surface area contributed by atoms with Crippen molar-refractivity contribution in [3.05, 3.63) is 53.9 Å². The van der Waals surface area contributed by atoms with Crippen molar-refractivity contribution in [2.75, 3.05) is 10.6 Å². The maximum Gasteiger partial charge on any atom is 0.194 e. The Kier molecular flexibility index (Phi) is 4.11. The molecule has 1 aliphatic heterocycles. The van der Waals surface area contributed by atoms with Crippen LogP contribution in [0.3, 0.4) is 0 Å². The summed E-state index contributed by atoms with van der Waals surface area (Å²) < 4.78 is 30.9. The normalized spacial score (nSPS) is 19.6. The fourth-order valence-electron chi connectivity index (χ4n) is 3.07. The number of aromatic nitrogens is 5. The van der Waals surface area contributed by atoms with E-state index in [0.29, 0.717) is 23.0 Å². The maximum atomic E-state index is 14.3. The van der Waals surface area contributed by atoms with E-state index in [4.69, 9.17) is 5.73 Å². The molecule has 11 heteroatoms. The Labute approximate surface area is 159 Å². The lowest BCUT2D eigenvalue weighted by molar-refractivity contribution is 0.399. The minimum absolute atomic E-state index is 0.00274. The van der Waals surface area contributed by atoms with Gasteiger partial charge in [-0.2, -0.15) is 5.10 Å². The summed E-state index contributed by atoms with van der Waals surface area (Å²) in [5.41, 5.74) is 7.22. The molecule has 146 valence electrons. The smallest absolute Gasteiger partial charge is 0.194 e. The zero-order valence-electron chi connectivity index (χ0n) is 15.5. The Morgan fingerprint density at radius 3 is 2.71 bits per heavy atom. The Hall–Kier alpha value is -3.34. The minimum Gasteiger partial charge on any atom is -0.338 e. The first-order chi connectivity index (χ1) is 13.3. The van der Waals surface area contributed by atoms with E-state index in [0.717, 1.165) is 12.3 Å². The zero-order valence-corrected chi connectivity index (χ0v) is 15.5. The van der Waals surface area contributed by atoms with Gasteiger partial charge in [0, 0.05) is 26.4 Å². The molecule has 0 amide bonds. The van der Waals surface area contributed by atoms with Gasteiger partial charge in [-0.05, 0) is 0 Å². The molecule has 28 heavy (non-hydrogen) atoms. The molecule has 4 heterocycles. The molecule has 4 N–H and O–H groups in total. The van der Waals surface area contributed by atoms with Crippen molar-refractivity contribution in [3.63, 3.8) is 0 Å². The van der Waals surface area contributed by atoms with Gasteiger partial charge < -0.3 is 15.2 Å². The number of aryl methyl sites for hydroxylation is 2. The number of anilines is 2. The average Bonchev–Trinajstić information content (AvgIpc) is 3.20. The molecule has 0 radical (unpaired) electrons. The molecule has 1 unspecified atom stereocenters. The second-order valence-electron chi connectivity index (χ2n) is 6.73. The van der Waals surface area contributed by atoms with Crippen LogP contribution < -0.4 is 16.4 Å². The van der Waals surface area contributed by atoms with Crippen LogP contribution >= 0.6 is 0 Å². The molecule has 3 aromatic heterocycles. The molecular weight excluding hydrogens is 368 g/mol. The molecule has 0 saturated heterocycles. The predicted octanol–water partition coefficient (Wildman–Crippen LogP) is 1.53. The van der Waals surface area contributed by atoms with Gasteiger partial charge >= 0.3 is 0 Å². The van der Waals surface area contributed by atoms with Gasteiger partial charge in [0.05, 0.1) is 35.9 Å². The van der Waals surface area contributed by atoms with Gasteiger partial charge in [0.2, 0.25) is 0 Å². The molecule has 0 aromatic carbocycles. The van der Waals surface area contributed by atoms with Gasteiger partial charge in [-0.3, -0.25) is 15.4 Å². The van der Waals surface area contributed by atoms with Crippen LogP contribution in [0.2, 0.25) is 0 Å². The van der Waals surface area contributed by atoms with Crippen LogP contribution in [0.5, 0.6) is 0 Å². The predicted molar refractivity (Wildman–Crippen MR) is 99.7 cm³/mol. The molecule has 0 aliphatic carbocycles. The summed E-state index contributed by atoms with van der Waals surface area (Å²) in [6.07, 6.45) is 6.01. The lowest BCUT2D eigenvalue weighted by atomic mass is 9.96. The van der Waals surface area contributed by atoms with E-state index < -0.39 is 23.3 Å². The van der Waals surface area contributed by atoms with Crippen molar-refractivity contribution in [1.29, 1.82) is 0 Å². The largest absolute Gasteiger partial charge is 0.338 e. The lowest BCUT2D eigenvalue weighted by Gasteiger charge is -2.36. The maximum absolute atomic E-state index is 14.3. The summed E-state index contributed by atoms with van der Waals surface area (Å²) in [5, 5.41) is 10.5. The number of nitrogens with one attached hydrogen (secondary N) is 2. The monoisotopic (exact) mass is 387 g/mol. The first kappa shape index (κ1) is 18.0. The number of pyridine rings is 1. The Balaban J connectivity index is 1.77. The van der Waals surface area contributed by atoms with E-state index >= 15 is 0 Å². The van der Waals surface area contributed by atoms with E-state index in [9.17, 15) is 8.78 Å². The van der Waals surface area contributed by atoms with Crippen LogP contribution in [0.15, 0.2) is 36.0 Å². The topological polar surface area (TPSA) is 111 Å². The summed E-state index contributed by atoms with van der Waals surface area (Å²) in [5.74, 6) is -2.13. The van der Waals surface area contributed by atoms with Crippen molar-refractivity contribution in [2.45, 2.75) is 18.6 Å². The van der Waals surface area contributed by atoms with Crippen LogP contribution in [0.1, 0.15) is 24.1 Å². The third-order valence-electron chi connectivity index (χ3n) is 4.67. The highest BCUT2D eigenvalue weighted by Gasteiger charge is 2.40. The highest BCUT2D eigenvalue weighted by atomic mass is 19.1. The second-order valence-corrected chi connectivity index (χ2v) is 6.73. The van der Waals surface area contributed by atoms with Crippen molar-refractivity contribution in [3.8, 4) is 0 Å². The minimum atomic E-state index is -1.45. The summed E-state index contributed by atoms with van der Waals surface area (Å²) >= 11 is 0. The van der Waals surface area contributed by atoms with Crippen LogP contribution in [0, 0.1) is 11.6 Å². The Bertz CT molecular complexity index is 1070. The van der Waals surface area contributed by atoms with Gasteiger partial charge in [-0.1, -0.05) is 6.92 Å². The number of amidine groups is 1. The summed E-state index contributed by atoms with van der Waals surface area (Å²) in [6, 6.07) is 0.775. The number of halogens is 2. The molecule has 4 rings (SSSR count). The SMILES string of the molecule is C[C@@H](c1ncc(F)cc1F)C1(N)N=C(Nc2cn(C)cn2)c2cnn(C)c2N1. The first-order valence-electron chi connectivity index (χ1n) is 8.52. The molecule has 1 aliphatic rings. The highest BCUT2D eigenvalue weighted by molar-refractivity contribution is 6.12. The van der Waals surface area contributed by atoms with Gasteiger partial charge in [0.25, 0.3) is 0 Å². The van der Waals surface area contributed by atoms with E-state index in [1.54, 1.807) is 41.9 Å². The van der Waals surface area contributed by atoms with E-state index in [2.05, 4.69) is 30.7 Å². The van der Waals surface area contributed by atoms with Gasteiger partial charge in [-0.15, -0.1) is 0 Å². The van der Waals surface area contributed by atoms with Crippen molar-refractivity contribution >= 4 is 17.5 Å². The number of hydrogen-bond donors (Lipinski definition) is 3. The van der Waals surface area contributed by atoms with Gasteiger partial charge in [0.15, 0.2) is 5.79 Å². The van der Waals surface area contributed by atoms with E-state index in [1.165, 1.54) is 0 Å². The van der Waals surface area contributed by atoms with E-state index in [1.807, 2.05) is 7.05 Å². The van der Waals surface area contributed by atoms with Crippen molar-refractivity contribution < 1.29 is 8.78 Å². The molecule has 9 nitrogen and oxygen atoms in total. The summed E-state index contributed by atoms with van der Waals surface area (Å²) in [6.45, 7) is 1.67. The molecule has 0 spiro atoms. The van der Waals surface area contributed by atoms with Gasteiger partial charge in [-0.25, -0.2) is 18.8 Å². The summed E-state index contributed by atoms with van der Waals surface area (Å²) in [7, 11) is 3.59. The van der Waals surface area contributed by atoms with Crippen LogP contribution in [0.25, 0.3) is 0 Å². The fraction of sp³-hybridized carbons (Fsp3) is 0.294. The van der Waals surface area contributed by atoms with Gasteiger partial charge in [0.1, 0.15) is 29.1 Å². The quantitative estimate of drug-likeness (QED) is 0.629. The Morgan fingerprint density at radius 2 is 2.04 bits per heavy atom. The van der Waals surface area contributed by atoms with Crippen molar-refractivity contribution in [2.24, 2.45) is 24.8 Å². The first-order valence-corrected chi connectivity index (χ1v) is 8.52. The zero-order chi connectivity index (χ0) is 20.1. The number of hydrogen-bond acceptors (Lipinski definition) is 7.